The molecular formula is C18H26F3N3O2. The molecule has 4 rings (SSSR count). The molecule has 0 saturated heterocycles. The minimum Gasteiger partial charge on any atom is -0.351 e. The van der Waals surface area contributed by atoms with Crippen LogP contribution in [-0.4, -0.2) is 40.0 Å². The smallest absolute Gasteiger partial charge is 0.250 e. The van der Waals surface area contributed by atoms with Gasteiger partial charge in [0.2, 0.25) is 12.3 Å². The number of rotatable bonds is 7. The first-order valence-electron chi connectivity index (χ1n) is 9.36. The van der Waals surface area contributed by atoms with E-state index in [4.69, 9.17) is 4.74 Å². The summed E-state index contributed by atoms with van der Waals surface area (Å²) in [5.41, 5.74) is 0.781. The summed E-state index contributed by atoms with van der Waals surface area (Å²) in [6.45, 7) is 3.81. The van der Waals surface area contributed by atoms with E-state index in [2.05, 4.69) is 10.4 Å². The molecule has 1 unspecified atom stereocenters. The molecule has 1 aromatic heterocycles. The summed E-state index contributed by atoms with van der Waals surface area (Å²) < 4.78 is 47.0. The van der Waals surface area contributed by atoms with Gasteiger partial charge in [0.25, 0.3) is 0 Å². The molecule has 0 aromatic carbocycles. The SMILES string of the molecule is Cc1c(C2(C)CC(F)(F)C2)nn(C2CCC2)c1NC(O)OC[C@H]1C[C@@H]1F. The van der Waals surface area contributed by atoms with Gasteiger partial charge in [-0.1, -0.05) is 6.92 Å². The molecule has 3 fully saturated rings. The standard InChI is InChI=1S/C18H26F3N3O2/c1-10-14(17(2)8-18(20,21)9-17)23-24(12-4-3-5-12)15(10)22-16(25)26-7-11-6-13(11)19/h11-13,16,22,25H,3-9H2,1-2H3/t11-,13+,16?/m1/s1. The topological polar surface area (TPSA) is 59.3 Å². The second-order valence-corrected chi connectivity index (χ2v) is 8.46. The van der Waals surface area contributed by atoms with Crippen molar-refractivity contribution in [2.45, 2.75) is 82.3 Å². The van der Waals surface area contributed by atoms with Crippen molar-refractivity contribution >= 4 is 5.82 Å². The van der Waals surface area contributed by atoms with Crippen LogP contribution in [-0.2, 0) is 10.2 Å². The van der Waals surface area contributed by atoms with Gasteiger partial charge < -0.3 is 15.2 Å². The average molecular weight is 373 g/mol. The molecule has 26 heavy (non-hydrogen) atoms. The molecule has 146 valence electrons. The molecule has 3 atom stereocenters. The number of anilines is 1. The zero-order chi connectivity index (χ0) is 18.7. The number of alkyl halides is 3. The van der Waals surface area contributed by atoms with Crippen LogP contribution in [0.4, 0.5) is 19.0 Å². The molecule has 1 heterocycles. The number of ether oxygens (including phenoxy) is 1. The first-order valence-corrected chi connectivity index (χ1v) is 9.36. The van der Waals surface area contributed by atoms with Crippen LogP contribution in [0.15, 0.2) is 0 Å². The van der Waals surface area contributed by atoms with Crippen LogP contribution in [0.25, 0.3) is 0 Å². The molecule has 3 aliphatic carbocycles. The zero-order valence-electron chi connectivity index (χ0n) is 15.1. The maximum absolute atomic E-state index is 13.5. The number of aliphatic hydroxyl groups excluding tert-OH is 1. The number of hydrogen-bond donors (Lipinski definition) is 2. The molecule has 0 bridgehead atoms. The first kappa shape index (κ1) is 18.1. The fourth-order valence-electron chi connectivity index (χ4n) is 4.17. The third-order valence-corrected chi connectivity index (χ3v) is 6.00. The maximum atomic E-state index is 13.5. The fraction of sp³-hybridized carbons (Fsp3) is 0.833. The first-order chi connectivity index (χ1) is 12.2. The Bertz CT molecular complexity index is 681. The van der Waals surface area contributed by atoms with E-state index in [9.17, 15) is 18.3 Å². The monoisotopic (exact) mass is 373 g/mol. The summed E-state index contributed by atoms with van der Waals surface area (Å²) >= 11 is 0. The van der Waals surface area contributed by atoms with E-state index in [1.54, 1.807) is 0 Å². The number of nitrogens with one attached hydrogen (secondary N) is 1. The van der Waals surface area contributed by atoms with Crippen molar-refractivity contribution in [1.29, 1.82) is 0 Å². The molecule has 2 N–H and O–H groups in total. The van der Waals surface area contributed by atoms with Crippen LogP contribution in [0.1, 0.15) is 62.7 Å². The Morgan fingerprint density at radius 3 is 2.54 bits per heavy atom. The lowest BCUT2D eigenvalue weighted by Crippen LogP contribution is -2.47. The zero-order valence-corrected chi connectivity index (χ0v) is 15.1. The van der Waals surface area contributed by atoms with Gasteiger partial charge >= 0.3 is 0 Å². The van der Waals surface area contributed by atoms with Gasteiger partial charge in [-0.05, 0) is 32.6 Å². The number of hydrogen-bond acceptors (Lipinski definition) is 4. The van der Waals surface area contributed by atoms with Gasteiger partial charge in [0, 0.05) is 29.7 Å². The van der Waals surface area contributed by atoms with E-state index < -0.39 is 23.9 Å². The average Bonchev–Trinajstić information content (AvgIpc) is 3.09. The Morgan fingerprint density at radius 1 is 1.38 bits per heavy atom. The Kier molecular flexibility index (Phi) is 4.26. The Hall–Kier alpha value is -1.28. The van der Waals surface area contributed by atoms with E-state index in [0.29, 0.717) is 17.9 Å². The van der Waals surface area contributed by atoms with Gasteiger partial charge in [-0.2, -0.15) is 5.10 Å². The van der Waals surface area contributed by atoms with Crippen molar-refractivity contribution in [2.24, 2.45) is 5.92 Å². The molecule has 3 saturated carbocycles. The van der Waals surface area contributed by atoms with Crippen molar-refractivity contribution in [3.63, 3.8) is 0 Å². The lowest BCUT2D eigenvalue weighted by atomic mass is 9.65. The van der Waals surface area contributed by atoms with Crippen LogP contribution in [0.3, 0.4) is 0 Å². The highest BCUT2D eigenvalue weighted by atomic mass is 19.3. The molecule has 0 aliphatic heterocycles. The lowest BCUT2D eigenvalue weighted by molar-refractivity contribution is -0.122. The highest BCUT2D eigenvalue weighted by molar-refractivity contribution is 5.50. The van der Waals surface area contributed by atoms with Gasteiger partial charge in [-0.25, -0.2) is 17.9 Å². The molecule has 0 spiro atoms. The predicted octanol–water partition coefficient (Wildman–Crippen LogP) is 3.67. The molecule has 0 amide bonds. The van der Waals surface area contributed by atoms with Crippen LogP contribution < -0.4 is 5.32 Å². The van der Waals surface area contributed by atoms with Crippen molar-refractivity contribution in [2.75, 3.05) is 11.9 Å². The van der Waals surface area contributed by atoms with E-state index in [1.165, 1.54) is 0 Å². The summed E-state index contributed by atoms with van der Waals surface area (Å²) in [5, 5.41) is 17.7. The summed E-state index contributed by atoms with van der Waals surface area (Å²) in [7, 11) is 0. The second kappa shape index (κ2) is 6.12. The molecule has 1 aromatic rings. The summed E-state index contributed by atoms with van der Waals surface area (Å²) in [6.07, 6.45) is 1.00. The second-order valence-electron chi connectivity index (χ2n) is 8.46. The highest BCUT2D eigenvalue weighted by Gasteiger charge is 2.56. The van der Waals surface area contributed by atoms with Crippen molar-refractivity contribution in [1.82, 2.24) is 9.78 Å². The Labute approximate surface area is 150 Å². The van der Waals surface area contributed by atoms with Crippen molar-refractivity contribution < 1.29 is 23.0 Å². The Morgan fingerprint density at radius 2 is 2.04 bits per heavy atom. The lowest BCUT2D eigenvalue weighted by Gasteiger charge is -2.44. The van der Waals surface area contributed by atoms with Crippen LogP contribution in [0.5, 0.6) is 0 Å². The van der Waals surface area contributed by atoms with Gasteiger partial charge in [-0.15, -0.1) is 0 Å². The normalized spacial score (nSPS) is 30.4. The largest absolute Gasteiger partial charge is 0.351 e. The van der Waals surface area contributed by atoms with Crippen LogP contribution >= 0.6 is 0 Å². The fourth-order valence-corrected chi connectivity index (χ4v) is 4.17. The third kappa shape index (κ3) is 3.22. The predicted molar refractivity (Wildman–Crippen MR) is 90.0 cm³/mol. The van der Waals surface area contributed by atoms with Crippen molar-refractivity contribution in [3.8, 4) is 0 Å². The number of aliphatic hydroxyl groups is 1. The van der Waals surface area contributed by atoms with Gasteiger partial charge in [0.15, 0.2) is 0 Å². The minimum atomic E-state index is -2.63. The van der Waals surface area contributed by atoms with Gasteiger partial charge in [-0.3, -0.25) is 0 Å². The van der Waals surface area contributed by atoms with Crippen LogP contribution in [0.2, 0.25) is 0 Å². The minimum absolute atomic E-state index is 0.143. The molecule has 3 aliphatic rings. The molecule has 5 nitrogen and oxygen atoms in total. The van der Waals surface area contributed by atoms with E-state index in [1.807, 2.05) is 18.5 Å². The summed E-state index contributed by atoms with van der Waals surface area (Å²) in [6, 6.07) is 0.208. The van der Waals surface area contributed by atoms with E-state index >= 15 is 0 Å². The highest BCUT2D eigenvalue weighted by Crippen LogP contribution is 2.54. The summed E-state index contributed by atoms with van der Waals surface area (Å²) in [4.78, 5) is 0. The summed E-state index contributed by atoms with van der Waals surface area (Å²) in [5.74, 6) is -2.16. The Balaban J connectivity index is 1.52. The maximum Gasteiger partial charge on any atom is 0.250 e. The van der Waals surface area contributed by atoms with Crippen molar-refractivity contribution in [3.05, 3.63) is 11.3 Å². The number of nitrogens with zero attached hydrogens (tertiary/aromatic N) is 2. The number of halogens is 3. The molecule has 8 heteroatoms. The molecule has 0 radical (unpaired) electrons. The molecular weight excluding hydrogens is 347 g/mol. The van der Waals surface area contributed by atoms with Gasteiger partial charge in [0.05, 0.1) is 18.3 Å². The van der Waals surface area contributed by atoms with E-state index in [0.717, 1.165) is 24.8 Å². The quantitative estimate of drug-likeness (QED) is 0.716. The van der Waals surface area contributed by atoms with Crippen LogP contribution in [0, 0.1) is 12.8 Å². The van der Waals surface area contributed by atoms with E-state index in [-0.39, 0.29) is 31.4 Å². The third-order valence-electron chi connectivity index (χ3n) is 6.00. The number of aromatic nitrogens is 2. The van der Waals surface area contributed by atoms with Gasteiger partial charge in [0.1, 0.15) is 12.0 Å².